The molecule has 564 valence electrons. The zero-order chi connectivity index (χ0) is 70.5. The predicted octanol–water partition coefficient (Wildman–Crippen LogP) is 23.5. The van der Waals surface area contributed by atoms with Crippen LogP contribution in [0, 0.1) is 0 Å². The van der Waals surface area contributed by atoms with E-state index in [2.05, 4.69) is 41.5 Å². The third-order valence-electron chi connectivity index (χ3n) is 21.0. The quantitative estimate of drug-likeness (QED) is 0.0297. The molecular formula is C84H156O12. The topological polar surface area (TPSA) is 191 Å². The first-order valence-corrected chi connectivity index (χ1v) is 42.1. The summed E-state index contributed by atoms with van der Waals surface area (Å²) in [6.07, 6.45) is 47.7. The fraction of sp³-hybridized carbons (Fsp3) is 0.929. The minimum absolute atomic E-state index is 0.200. The zero-order valence-corrected chi connectivity index (χ0v) is 63.9. The molecule has 0 radical (unpaired) electrons. The maximum atomic E-state index is 16.7. The lowest BCUT2D eigenvalue weighted by Crippen LogP contribution is -2.91. The van der Waals surface area contributed by atoms with Crippen LogP contribution in [0.3, 0.4) is 0 Å². The minimum Gasteiger partial charge on any atom is -0.443 e. The zero-order valence-electron chi connectivity index (χ0n) is 63.9. The molecule has 1 rings (SSSR count). The molecule has 6 atom stereocenters. The van der Waals surface area contributed by atoms with E-state index in [0.717, 1.165) is 193 Å². The lowest BCUT2D eigenvalue weighted by Gasteiger charge is -2.61. The molecule has 96 heavy (non-hydrogen) atoms. The Balaban J connectivity index is 4.36. The minimum atomic E-state index is -3.43. The average molecular weight is 1360 g/mol. The van der Waals surface area contributed by atoms with Crippen molar-refractivity contribution in [1.82, 2.24) is 0 Å². The molecule has 0 amide bonds. The molecule has 2 unspecified atom stereocenters. The first kappa shape index (κ1) is 91.3. The second-order valence-corrected chi connectivity index (χ2v) is 29.8. The van der Waals surface area contributed by atoms with Crippen molar-refractivity contribution < 1.29 is 58.3 Å². The summed E-state index contributed by atoms with van der Waals surface area (Å²) in [6, 6.07) is 0. The number of carbonyl (C=O) groups is 6. The Bertz CT molecular complexity index is 1790. The first-order chi connectivity index (χ1) is 46.8. The van der Waals surface area contributed by atoms with Gasteiger partial charge in [-0.1, -0.05) is 388 Å². The van der Waals surface area contributed by atoms with Gasteiger partial charge in [-0.15, -0.1) is 0 Å². The van der Waals surface area contributed by atoms with E-state index in [4.69, 9.17) is 14.2 Å². The Hall–Kier alpha value is -2.70. The van der Waals surface area contributed by atoms with Gasteiger partial charge in [-0.2, -0.15) is 0 Å². The highest BCUT2D eigenvalue weighted by Crippen LogP contribution is 2.55. The number of hydrogen-bond acceptors (Lipinski definition) is 12. The largest absolute Gasteiger partial charge is 0.443 e. The van der Waals surface area contributed by atoms with Crippen LogP contribution in [-0.2, 0) is 43.0 Å². The number of ether oxygens (including phenoxy) is 3. The summed E-state index contributed by atoms with van der Waals surface area (Å²) < 4.78 is 20.1. The van der Waals surface area contributed by atoms with E-state index >= 15 is 28.8 Å². The summed E-state index contributed by atoms with van der Waals surface area (Å²) in [4.78, 5) is 95.2. The van der Waals surface area contributed by atoms with Crippen LogP contribution >= 0.6 is 0 Å². The number of aliphatic hydroxyl groups is 3. The van der Waals surface area contributed by atoms with E-state index in [0.29, 0.717) is 57.8 Å². The van der Waals surface area contributed by atoms with Crippen LogP contribution in [0.25, 0.3) is 0 Å². The fourth-order valence-corrected chi connectivity index (χ4v) is 14.9. The van der Waals surface area contributed by atoms with Gasteiger partial charge in [0.05, 0.1) is 0 Å². The van der Waals surface area contributed by atoms with Crippen molar-refractivity contribution in [2.24, 2.45) is 0 Å². The molecule has 12 nitrogen and oxygen atoms in total. The Labute approximate surface area is 591 Å². The summed E-state index contributed by atoms with van der Waals surface area (Å²) >= 11 is 0. The van der Waals surface area contributed by atoms with Gasteiger partial charge in [0.1, 0.15) is 18.3 Å². The predicted molar refractivity (Wildman–Crippen MR) is 398 cm³/mol. The van der Waals surface area contributed by atoms with Crippen molar-refractivity contribution in [3.05, 3.63) is 0 Å². The molecule has 0 aromatic rings. The van der Waals surface area contributed by atoms with Crippen LogP contribution < -0.4 is 0 Å². The van der Waals surface area contributed by atoms with Crippen molar-refractivity contribution in [1.29, 1.82) is 0 Å². The lowest BCUT2D eigenvalue weighted by atomic mass is 9.53. The number of ketones is 3. The fourth-order valence-electron chi connectivity index (χ4n) is 14.9. The van der Waals surface area contributed by atoms with Crippen LogP contribution in [0.4, 0.5) is 0 Å². The highest BCUT2D eigenvalue weighted by molar-refractivity contribution is 6.10. The second kappa shape index (κ2) is 62.1. The molecule has 12 heteroatoms. The number of Topliss-reactive ketones (excluding diaryl/α,β-unsaturated/α-hetero) is 3. The highest BCUT2D eigenvalue weighted by atomic mass is 16.7. The molecule has 0 bridgehead atoms. The summed E-state index contributed by atoms with van der Waals surface area (Å²) in [5.41, 5.74) is -10.1. The monoisotopic (exact) mass is 1360 g/mol. The Kier molecular flexibility index (Phi) is 59.1. The number of carbonyl (C=O) groups excluding carboxylic acids is 6. The van der Waals surface area contributed by atoms with Gasteiger partial charge in [-0.05, 0) is 38.5 Å². The van der Waals surface area contributed by atoms with Crippen molar-refractivity contribution >= 4 is 35.3 Å². The van der Waals surface area contributed by atoms with E-state index in [1.807, 2.05) is 0 Å². The lowest BCUT2D eigenvalue weighted by molar-refractivity contribution is -0.324. The first-order valence-electron chi connectivity index (χ1n) is 42.1. The van der Waals surface area contributed by atoms with Gasteiger partial charge in [0.2, 0.25) is 11.2 Å². The van der Waals surface area contributed by atoms with Gasteiger partial charge in [-0.3, -0.25) is 28.8 Å². The third-order valence-corrected chi connectivity index (χ3v) is 21.0. The van der Waals surface area contributed by atoms with Crippen LogP contribution in [-0.4, -0.2) is 85.7 Å². The summed E-state index contributed by atoms with van der Waals surface area (Å²) in [6.45, 7) is 13.2. The number of esters is 3. The Morgan fingerprint density at radius 1 is 0.219 bits per heavy atom. The van der Waals surface area contributed by atoms with Crippen molar-refractivity contribution in [2.45, 2.75) is 500 Å². The molecule has 3 N–H and O–H groups in total. The van der Waals surface area contributed by atoms with Crippen LogP contribution in [0.15, 0.2) is 0 Å². The normalized spacial score (nSPS) is 19.4. The summed E-state index contributed by atoms with van der Waals surface area (Å²) in [5.74, 6) is -6.05. The van der Waals surface area contributed by atoms with Crippen molar-refractivity contribution in [3.63, 3.8) is 0 Å². The standard InChI is InChI=1S/C84H156O12/c1-7-13-19-25-31-37-43-49-55-61-67-73(85)82(94-76(88)70-64-58-52-46-40-34-28-22-16-10-4)80(92)79(91)81(93)83(74(86)68-62-56-50-44-38-32-26-20-14-8-2,95-77(89)71-65-59-53-47-41-35-29-23-17-11-5)84(82,75(87)69-63-57-51-45-39-33-27-21-15-9-3)96-78(90)72-66-60-54-48-42-36-30-24-18-12-6/h79-81,91-93H,7-72H2,1-6H3/t79?,80-,81+,82+,83-,84?. The molecule has 0 spiro atoms. The Morgan fingerprint density at radius 2 is 0.375 bits per heavy atom. The average Bonchev–Trinajstić information content (AvgIpc) is 0.668. The maximum Gasteiger partial charge on any atom is 0.307 e. The number of hydrogen-bond donors (Lipinski definition) is 3. The molecular weight excluding hydrogens is 1200 g/mol. The number of rotatable bonds is 72. The van der Waals surface area contributed by atoms with Gasteiger partial charge in [0.15, 0.2) is 17.3 Å². The Morgan fingerprint density at radius 3 is 0.573 bits per heavy atom. The molecule has 1 aliphatic carbocycles. The molecule has 0 saturated heterocycles. The van der Waals surface area contributed by atoms with E-state index in [9.17, 15) is 15.3 Å². The SMILES string of the molecule is CCCCCCCCCCCCC(=O)OC1(C(=O)CCCCCCCCCCCC)[C@@](OC(=O)CCCCCCCCCCCC)(C(=O)CCCCCCCCCCCC)[C@@H](O)C(O)[C@@H](O)[C@@]1(OC(=O)CCCCCCCCCCCC)C(=O)CCCCCCCCCCCC. The van der Waals surface area contributed by atoms with E-state index in [1.165, 1.54) is 116 Å². The summed E-state index contributed by atoms with van der Waals surface area (Å²) in [7, 11) is 0. The molecule has 0 aromatic carbocycles. The number of aliphatic hydroxyl groups excluding tert-OH is 3. The second-order valence-electron chi connectivity index (χ2n) is 29.8. The van der Waals surface area contributed by atoms with Crippen LogP contribution in [0.2, 0.25) is 0 Å². The van der Waals surface area contributed by atoms with Crippen LogP contribution in [0.5, 0.6) is 0 Å². The van der Waals surface area contributed by atoms with Gasteiger partial charge in [0.25, 0.3) is 5.60 Å². The third kappa shape index (κ3) is 37.8. The maximum absolute atomic E-state index is 16.7. The van der Waals surface area contributed by atoms with E-state index in [-0.39, 0.29) is 51.4 Å². The van der Waals surface area contributed by atoms with Gasteiger partial charge in [-0.25, -0.2) is 0 Å². The molecule has 0 heterocycles. The van der Waals surface area contributed by atoms with Crippen molar-refractivity contribution in [3.8, 4) is 0 Å². The van der Waals surface area contributed by atoms with E-state index in [1.54, 1.807) is 0 Å². The molecule has 0 aromatic heterocycles. The number of unbranched alkanes of at least 4 members (excludes halogenated alkanes) is 54. The van der Waals surface area contributed by atoms with Gasteiger partial charge >= 0.3 is 17.9 Å². The van der Waals surface area contributed by atoms with E-state index < -0.39 is 76.8 Å². The smallest absolute Gasteiger partial charge is 0.307 e. The molecule has 0 aliphatic heterocycles. The molecule has 1 fully saturated rings. The van der Waals surface area contributed by atoms with Gasteiger partial charge in [0, 0.05) is 38.5 Å². The van der Waals surface area contributed by atoms with Crippen LogP contribution in [0.1, 0.15) is 465 Å². The summed E-state index contributed by atoms with van der Waals surface area (Å²) in [5, 5.41) is 39.2. The molecule has 1 saturated carbocycles. The van der Waals surface area contributed by atoms with Gasteiger partial charge < -0.3 is 29.5 Å². The highest BCUT2D eigenvalue weighted by Gasteiger charge is 2.87. The van der Waals surface area contributed by atoms with Crippen molar-refractivity contribution in [2.75, 3.05) is 0 Å². The molecule has 1 aliphatic rings.